The largest absolute Gasteiger partial charge is 0.452 e. The molecular formula is C12H18N2O2. The highest BCUT2D eigenvalue weighted by Gasteiger charge is 2.52. The van der Waals surface area contributed by atoms with Crippen LogP contribution in [-0.4, -0.2) is 18.9 Å². The standard InChI is InChI=1S/C12H18N2O2/c1-16-12(15)14-13-11-6-7-5-10(11)9-4-2-3-8(7)9/h7-10H,2-6H2,1H3,(H,14,15)/b13-11+/t7-,8+,9-,10+/m1/s1. The lowest BCUT2D eigenvalue weighted by Gasteiger charge is -2.25. The van der Waals surface area contributed by atoms with Gasteiger partial charge in [-0.05, 0) is 43.4 Å². The van der Waals surface area contributed by atoms with Gasteiger partial charge in [-0.3, -0.25) is 0 Å². The summed E-state index contributed by atoms with van der Waals surface area (Å²) in [4.78, 5) is 11.0. The number of nitrogens with zero attached hydrogens (tertiary/aromatic N) is 1. The number of carbonyl (C=O) groups is 1. The number of ether oxygens (including phenoxy) is 1. The first-order valence-electron chi connectivity index (χ1n) is 6.20. The molecule has 88 valence electrons. The molecule has 3 saturated carbocycles. The molecular weight excluding hydrogens is 204 g/mol. The average Bonchev–Trinajstić information content (AvgIpc) is 2.96. The van der Waals surface area contributed by atoms with E-state index < -0.39 is 6.09 Å². The van der Waals surface area contributed by atoms with Crippen molar-refractivity contribution in [2.24, 2.45) is 28.8 Å². The lowest BCUT2D eigenvalue weighted by molar-refractivity contribution is 0.171. The normalized spacial score (nSPS) is 42.4. The van der Waals surface area contributed by atoms with Gasteiger partial charge in [0.25, 0.3) is 0 Å². The first-order valence-corrected chi connectivity index (χ1v) is 6.20. The number of amides is 1. The average molecular weight is 222 g/mol. The maximum atomic E-state index is 11.0. The molecule has 3 fully saturated rings. The Hall–Kier alpha value is -1.06. The van der Waals surface area contributed by atoms with Crippen LogP contribution in [0.25, 0.3) is 0 Å². The van der Waals surface area contributed by atoms with Crippen molar-refractivity contribution in [2.75, 3.05) is 7.11 Å². The van der Waals surface area contributed by atoms with Crippen LogP contribution in [0.1, 0.15) is 32.1 Å². The van der Waals surface area contributed by atoms with E-state index in [0.29, 0.717) is 5.92 Å². The molecule has 0 heterocycles. The number of carbonyl (C=O) groups excluding carboxylic acids is 1. The fourth-order valence-electron chi connectivity index (χ4n) is 4.11. The molecule has 1 amide bonds. The van der Waals surface area contributed by atoms with E-state index in [2.05, 4.69) is 15.3 Å². The number of hydrogen-bond donors (Lipinski definition) is 1. The van der Waals surface area contributed by atoms with Crippen molar-refractivity contribution in [3.63, 3.8) is 0 Å². The van der Waals surface area contributed by atoms with E-state index in [0.717, 1.165) is 24.2 Å². The van der Waals surface area contributed by atoms with Crippen molar-refractivity contribution < 1.29 is 9.53 Å². The first kappa shape index (κ1) is 10.1. The summed E-state index contributed by atoms with van der Waals surface area (Å²) in [7, 11) is 1.36. The van der Waals surface area contributed by atoms with Crippen molar-refractivity contribution in [3.05, 3.63) is 0 Å². The van der Waals surface area contributed by atoms with Gasteiger partial charge in [0, 0.05) is 11.6 Å². The zero-order valence-corrected chi connectivity index (χ0v) is 9.61. The molecule has 0 saturated heterocycles. The highest BCUT2D eigenvalue weighted by Crippen LogP contribution is 2.57. The Labute approximate surface area is 95.4 Å². The monoisotopic (exact) mass is 222 g/mol. The van der Waals surface area contributed by atoms with Crippen LogP contribution in [0.3, 0.4) is 0 Å². The van der Waals surface area contributed by atoms with Gasteiger partial charge in [-0.1, -0.05) is 6.42 Å². The second-order valence-electron chi connectivity index (χ2n) is 5.27. The number of fused-ring (bicyclic) bond motifs is 5. The molecule has 1 N–H and O–H groups in total. The third-order valence-electron chi connectivity index (χ3n) is 4.68. The highest BCUT2D eigenvalue weighted by atomic mass is 16.5. The molecule has 2 bridgehead atoms. The minimum atomic E-state index is -0.460. The summed E-state index contributed by atoms with van der Waals surface area (Å²) in [6.45, 7) is 0. The van der Waals surface area contributed by atoms with Crippen LogP contribution in [0.5, 0.6) is 0 Å². The third-order valence-corrected chi connectivity index (χ3v) is 4.68. The van der Waals surface area contributed by atoms with Gasteiger partial charge in [0.15, 0.2) is 0 Å². The van der Waals surface area contributed by atoms with Gasteiger partial charge in [0.05, 0.1) is 7.11 Å². The maximum absolute atomic E-state index is 11.0. The smallest absolute Gasteiger partial charge is 0.427 e. The number of rotatable bonds is 1. The van der Waals surface area contributed by atoms with E-state index >= 15 is 0 Å². The summed E-state index contributed by atoms with van der Waals surface area (Å²) < 4.78 is 4.52. The highest BCUT2D eigenvalue weighted by molar-refractivity contribution is 5.91. The third kappa shape index (κ3) is 1.43. The zero-order valence-electron chi connectivity index (χ0n) is 9.61. The Morgan fingerprint density at radius 2 is 2.25 bits per heavy atom. The van der Waals surface area contributed by atoms with E-state index in [1.807, 2.05) is 0 Å². The summed E-state index contributed by atoms with van der Waals surface area (Å²) in [5.41, 5.74) is 3.67. The summed E-state index contributed by atoms with van der Waals surface area (Å²) in [6, 6.07) is 0. The minimum Gasteiger partial charge on any atom is -0.452 e. The molecule has 16 heavy (non-hydrogen) atoms. The molecule has 0 radical (unpaired) electrons. The van der Waals surface area contributed by atoms with Gasteiger partial charge in [-0.25, -0.2) is 10.2 Å². The Kier molecular flexibility index (Phi) is 2.37. The van der Waals surface area contributed by atoms with Crippen LogP contribution in [0.2, 0.25) is 0 Å². The van der Waals surface area contributed by atoms with E-state index in [9.17, 15) is 4.79 Å². The lowest BCUT2D eigenvalue weighted by Crippen LogP contribution is -2.27. The summed E-state index contributed by atoms with van der Waals surface area (Å²) in [5.74, 6) is 3.31. The molecule has 4 heteroatoms. The molecule has 0 aromatic rings. The summed E-state index contributed by atoms with van der Waals surface area (Å²) in [5, 5.41) is 4.23. The minimum absolute atomic E-state index is 0.460. The molecule has 0 aromatic carbocycles. The molecule has 4 nitrogen and oxygen atoms in total. The molecule has 0 unspecified atom stereocenters. The van der Waals surface area contributed by atoms with Gasteiger partial charge in [-0.15, -0.1) is 0 Å². The van der Waals surface area contributed by atoms with E-state index in [4.69, 9.17) is 0 Å². The Morgan fingerprint density at radius 3 is 3.06 bits per heavy atom. The Bertz CT molecular complexity index is 340. The van der Waals surface area contributed by atoms with Gasteiger partial charge >= 0.3 is 6.09 Å². The molecule has 0 spiro atoms. The molecule has 3 rings (SSSR count). The summed E-state index contributed by atoms with van der Waals surface area (Å²) >= 11 is 0. The second kappa shape index (κ2) is 3.75. The van der Waals surface area contributed by atoms with Gasteiger partial charge in [-0.2, -0.15) is 5.10 Å². The molecule has 3 aliphatic carbocycles. The van der Waals surface area contributed by atoms with E-state index in [-0.39, 0.29) is 0 Å². The van der Waals surface area contributed by atoms with Crippen LogP contribution in [-0.2, 0) is 4.74 Å². The fraction of sp³-hybridized carbons (Fsp3) is 0.833. The molecule has 4 atom stereocenters. The number of methoxy groups -OCH3 is 1. The van der Waals surface area contributed by atoms with Gasteiger partial charge < -0.3 is 4.74 Å². The predicted octanol–water partition coefficient (Wildman–Crippen LogP) is 2.15. The van der Waals surface area contributed by atoms with Gasteiger partial charge in [0.2, 0.25) is 0 Å². The lowest BCUT2D eigenvalue weighted by atomic mass is 9.81. The van der Waals surface area contributed by atoms with Crippen LogP contribution in [0, 0.1) is 23.7 Å². The van der Waals surface area contributed by atoms with E-state index in [1.165, 1.54) is 38.5 Å². The van der Waals surface area contributed by atoms with Crippen molar-refractivity contribution in [3.8, 4) is 0 Å². The van der Waals surface area contributed by atoms with Crippen LogP contribution in [0.15, 0.2) is 5.10 Å². The van der Waals surface area contributed by atoms with Crippen molar-refractivity contribution in [1.29, 1.82) is 0 Å². The van der Waals surface area contributed by atoms with Crippen LogP contribution >= 0.6 is 0 Å². The second-order valence-corrected chi connectivity index (χ2v) is 5.27. The number of hydrogen-bond acceptors (Lipinski definition) is 3. The van der Waals surface area contributed by atoms with Crippen LogP contribution in [0.4, 0.5) is 4.79 Å². The molecule has 0 aromatic heterocycles. The number of nitrogens with one attached hydrogen (secondary N) is 1. The van der Waals surface area contributed by atoms with Crippen LogP contribution < -0.4 is 5.43 Å². The Morgan fingerprint density at radius 1 is 1.44 bits per heavy atom. The fourth-order valence-corrected chi connectivity index (χ4v) is 4.11. The summed E-state index contributed by atoms with van der Waals surface area (Å²) in [6.07, 6.45) is 6.11. The van der Waals surface area contributed by atoms with Gasteiger partial charge in [0.1, 0.15) is 0 Å². The van der Waals surface area contributed by atoms with Crippen molar-refractivity contribution in [1.82, 2.24) is 5.43 Å². The van der Waals surface area contributed by atoms with E-state index in [1.54, 1.807) is 0 Å². The quantitative estimate of drug-likeness (QED) is 0.691. The molecule has 0 aliphatic heterocycles. The molecule has 3 aliphatic rings. The maximum Gasteiger partial charge on any atom is 0.427 e. The number of hydrazone groups is 1. The first-order chi connectivity index (χ1) is 7.79. The topological polar surface area (TPSA) is 50.7 Å². The Balaban J connectivity index is 1.69. The van der Waals surface area contributed by atoms with Crippen molar-refractivity contribution >= 4 is 11.8 Å². The predicted molar refractivity (Wildman–Crippen MR) is 60.0 cm³/mol. The van der Waals surface area contributed by atoms with Crippen molar-refractivity contribution in [2.45, 2.75) is 32.1 Å². The zero-order chi connectivity index (χ0) is 11.1. The SMILES string of the molecule is COC(=O)N/N=C1\C[C@H]2C[C@H]1[C@@H]1CCC[C@@H]21.